The minimum absolute atomic E-state index is 0.0494. The van der Waals surface area contributed by atoms with Gasteiger partial charge in [-0.3, -0.25) is 0 Å². The Balaban J connectivity index is 1.82. The minimum atomic E-state index is -2.53. The fraction of sp³-hybridized carbons (Fsp3) is 0.462. The molecule has 0 unspecified atom stereocenters. The van der Waals surface area contributed by atoms with Crippen LogP contribution in [0.5, 0.6) is 0 Å². The van der Waals surface area contributed by atoms with E-state index in [-0.39, 0.29) is 6.04 Å². The number of amides is 2. The van der Waals surface area contributed by atoms with Crippen molar-refractivity contribution in [2.24, 2.45) is 0 Å². The Bertz CT molecular complexity index is 473. The molecule has 0 radical (unpaired) electrons. The van der Waals surface area contributed by atoms with Crippen molar-refractivity contribution in [2.75, 3.05) is 24.5 Å². The van der Waals surface area contributed by atoms with Gasteiger partial charge in [-0.05, 0) is 24.6 Å². The van der Waals surface area contributed by atoms with E-state index in [1.54, 1.807) is 6.07 Å². The summed E-state index contributed by atoms with van der Waals surface area (Å²) in [6.45, 7) is 0.805. The summed E-state index contributed by atoms with van der Waals surface area (Å²) in [7, 11) is 0. The molecule has 1 fully saturated rings. The summed E-state index contributed by atoms with van der Waals surface area (Å²) in [5.74, 6) is 0. The molecule has 0 spiro atoms. The highest BCUT2D eigenvalue weighted by Crippen LogP contribution is 2.23. The third-order valence-electron chi connectivity index (χ3n) is 3.11. The predicted octanol–water partition coefficient (Wildman–Crippen LogP) is 2.48. The molecule has 1 aromatic rings. The van der Waals surface area contributed by atoms with E-state index < -0.39 is 19.0 Å². The summed E-state index contributed by atoms with van der Waals surface area (Å²) in [5.41, 5.74) is 0.995. The Labute approximate surface area is 121 Å². The monoisotopic (exact) mass is 303 g/mol. The maximum Gasteiger partial charge on any atom is 0.315 e. The highest BCUT2D eigenvalue weighted by molar-refractivity contribution is 6.30. The second-order valence-electron chi connectivity index (χ2n) is 4.66. The van der Waals surface area contributed by atoms with Gasteiger partial charge in [0.1, 0.15) is 0 Å². The fourth-order valence-electron chi connectivity index (χ4n) is 2.19. The van der Waals surface area contributed by atoms with Gasteiger partial charge >= 0.3 is 6.03 Å². The molecule has 4 nitrogen and oxygen atoms in total. The highest BCUT2D eigenvalue weighted by atomic mass is 35.5. The van der Waals surface area contributed by atoms with E-state index in [1.165, 1.54) is 0 Å². The van der Waals surface area contributed by atoms with Gasteiger partial charge in [-0.15, -0.1) is 0 Å². The second-order valence-corrected chi connectivity index (χ2v) is 5.09. The van der Waals surface area contributed by atoms with Crippen LogP contribution in [-0.2, 0) is 0 Å². The molecule has 1 heterocycles. The number of nitrogens with zero attached hydrogens (tertiary/aromatic N) is 1. The molecular weight excluding hydrogens is 288 g/mol. The third kappa shape index (κ3) is 4.23. The lowest BCUT2D eigenvalue weighted by Gasteiger charge is -2.19. The number of hydrogen-bond acceptors (Lipinski definition) is 2. The lowest BCUT2D eigenvalue weighted by atomic mass is 10.3. The first-order valence-corrected chi connectivity index (χ1v) is 6.75. The van der Waals surface area contributed by atoms with Crippen molar-refractivity contribution in [1.29, 1.82) is 0 Å². The highest BCUT2D eigenvalue weighted by Gasteiger charge is 2.24. The van der Waals surface area contributed by atoms with E-state index in [9.17, 15) is 13.6 Å². The predicted molar refractivity (Wildman–Crippen MR) is 74.6 cm³/mol. The lowest BCUT2D eigenvalue weighted by Crippen LogP contribution is -2.44. The van der Waals surface area contributed by atoms with Crippen molar-refractivity contribution in [2.45, 2.75) is 18.9 Å². The average molecular weight is 304 g/mol. The number of anilines is 1. The van der Waals surface area contributed by atoms with E-state index in [4.69, 9.17) is 11.6 Å². The van der Waals surface area contributed by atoms with Crippen molar-refractivity contribution >= 4 is 23.3 Å². The molecule has 0 bridgehead atoms. The van der Waals surface area contributed by atoms with Crippen LogP contribution in [0.4, 0.5) is 19.3 Å². The van der Waals surface area contributed by atoms with Crippen LogP contribution in [0, 0.1) is 0 Å². The molecule has 0 saturated carbocycles. The SMILES string of the molecule is O=C(NCC(F)F)N[C@H]1CCN(c2cccc(Cl)c2)C1. The minimum Gasteiger partial charge on any atom is -0.369 e. The zero-order valence-electron chi connectivity index (χ0n) is 10.8. The summed E-state index contributed by atoms with van der Waals surface area (Å²) in [6, 6.07) is 6.88. The van der Waals surface area contributed by atoms with E-state index in [1.807, 2.05) is 18.2 Å². The number of carbonyl (C=O) groups excluding carboxylic acids is 1. The Morgan fingerprint density at radius 3 is 3.00 bits per heavy atom. The van der Waals surface area contributed by atoms with Crippen LogP contribution in [0.2, 0.25) is 5.02 Å². The number of rotatable bonds is 4. The quantitative estimate of drug-likeness (QED) is 0.897. The number of benzene rings is 1. The van der Waals surface area contributed by atoms with Gasteiger partial charge < -0.3 is 15.5 Å². The van der Waals surface area contributed by atoms with Crippen LogP contribution in [0.3, 0.4) is 0 Å². The number of nitrogens with one attached hydrogen (secondary N) is 2. The molecule has 1 aliphatic heterocycles. The maximum atomic E-state index is 12.0. The number of carbonyl (C=O) groups is 1. The summed E-state index contributed by atoms with van der Waals surface area (Å²) >= 11 is 5.94. The molecule has 1 aromatic carbocycles. The maximum absolute atomic E-state index is 12.0. The second kappa shape index (κ2) is 6.74. The fourth-order valence-corrected chi connectivity index (χ4v) is 2.38. The first-order valence-electron chi connectivity index (χ1n) is 6.37. The van der Waals surface area contributed by atoms with Gasteiger partial charge in [0.25, 0.3) is 6.43 Å². The topological polar surface area (TPSA) is 44.4 Å². The molecule has 1 aliphatic rings. The lowest BCUT2D eigenvalue weighted by molar-refractivity contribution is 0.146. The summed E-state index contributed by atoms with van der Waals surface area (Å²) in [6.07, 6.45) is -1.76. The van der Waals surface area contributed by atoms with E-state index >= 15 is 0 Å². The van der Waals surface area contributed by atoms with Crippen molar-refractivity contribution in [3.05, 3.63) is 29.3 Å². The molecule has 2 rings (SSSR count). The Morgan fingerprint density at radius 2 is 2.30 bits per heavy atom. The van der Waals surface area contributed by atoms with Gasteiger partial charge in [-0.2, -0.15) is 0 Å². The van der Waals surface area contributed by atoms with Crippen molar-refractivity contribution in [3.8, 4) is 0 Å². The molecule has 7 heteroatoms. The molecule has 110 valence electrons. The van der Waals surface area contributed by atoms with Gasteiger partial charge in [0, 0.05) is 29.8 Å². The van der Waals surface area contributed by atoms with E-state index in [0.717, 1.165) is 18.7 Å². The molecule has 2 amide bonds. The van der Waals surface area contributed by atoms with Crippen LogP contribution in [0.1, 0.15) is 6.42 Å². The van der Waals surface area contributed by atoms with Gasteiger partial charge in [0.15, 0.2) is 0 Å². The van der Waals surface area contributed by atoms with Gasteiger partial charge in [-0.25, -0.2) is 13.6 Å². The first kappa shape index (κ1) is 14.8. The standard InChI is InChI=1S/C13H16ClF2N3O/c14-9-2-1-3-11(6-9)19-5-4-10(8-19)18-13(20)17-7-12(15)16/h1-3,6,10,12H,4-5,7-8H2,(H2,17,18,20)/t10-/m0/s1. The van der Waals surface area contributed by atoms with Crippen molar-refractivity contribution in [1.82, 2.24) is 10.6 Å². The molecule has 1 atom stereocenters. The zero-order chi connectivity index (χ0) is 14.5. The van der Waals surface area contributed by atoms with Crippen LogP contribution in [0.25, 0.3) is 0 Å². The van der Waals surface area contributed by atoms with Gasteiger partial charge in [-0.1, -0.05) is 17.7 Å². The van der Waals surface area contributed by atoms with Gasteiger partial charge in [0.2, 0.25) is 0 Å². The zero-order valence-corrected chi connectivity index (χ0v) is 11.5. The number of hydrogen-bond donors (Lipinski definition) is 2. The summed E-state index contributed by atoms with van der Waals surface area (Å²) in [4.78, 5) is 13.5. The molecular formula is C13H16ClF2N3O. The van der Waals surface area contributed by atoms with Crippen LogP contribution in [-0.4, -0.2) is 38.1 Å². The van der Waals surface area contributed by atoms with Crippen LogP contribution < -0.4 is 15.5 Å². The van der Waals surface area contributed by atoms with E-state index in [0.29, 0.717) is 11.6 Å². The number of halogens is 3. The van der Waals surface area contributed by atoms with Crippen molar-refractivity contribution < 1.29 is 13.6 Å². The molecule has 2 N–H and O–H groups in total. The molecule has 0 aliphatic carbocycles. The third-order valence-corrected chi connectivity index (χ3v) is 3.35. The van der Waals surface area contributed by atoms with Crippen LogP contribution >= 0.6 is 11.6 Å². The van der Waals surface area contributed by atoms with Crippen molar-refractivity contribution in [3.63, 3.8) is 0 Å². The molecule has 20 heavy (non-hydrogen) atoms. The number of urea groups is 1. The Morgan fingerprint density at radius 1 is 1.50 bits per heavy atom. The van der Waals surface area contributed by atoms with Crippen LogP contribution in [0.15, 0.2) is 24.3 Å². The summed E-state index contributed by atoms with van der Waals surface area (Å²) < 4.78 is 23.9. The largest absolute Gasteiger partial charge is 0.369 e. The smallest absolute Gasteiger partial charge is 0.315 e. The molecule has 1 saturated heterocycles. The number of alkyl halides is 2. The Hall–Kier alpha value is -1.56. The van der Waals surface area contributed by atoms with Gasteiger partial charge in [0.05, 0.1) is 6.54 Å². The first-order chi connectivity index (χ1) is 9.54. The average Bonchev–Trinajstić information content (AvgIpc) is 2.85. The molecule has 0 aromatic heterocycles. The van der Waals surface area contributed by atoms with E-state index in [2.05, 4.69) is 15.5 Å². The summed E-state index contributed by atoms with van der Waals surface area (Å²) in [5, 5.41) is 5.48. The Kier molecular flexibility index (Phi) is 5.00. The normalized spacial score (nSPS) is 18.4.